The van der Waals surface area contributed by atoms with Gasteiger partial charge in [-0.15, -0.1) is 0 Å². The first-order valence-corrected chi connectivity index (χ1v) is 6.19. The van der Waals surface area contributed by atoms with Crippen LogP contribution < -0.4 is 11.1 Å². The Morgan fingerprint density at radius 3 is 2.63 bits per heavy atom. The largest absolute Gasteiger partial charge is 0.379 e. The smallest absolute Gasteiger partial charge is 0.281 e. The fraction of sp³-hybridized carbons (Fsp3) is 0.308. The van der Waals surface area contributed by atoms with Crippen molar-refractivity contribution in [2.45, 2.75) is 26.2 Å². The summed E-state index contributed by atoms with van der Waals surface area (Å²) in [6, 6.07) is 7.70. The second-order valence-corrected chi connectivity index (χ2v) is 4.25. The number of amides is 1. The van der Waals surface area contributed by atoms with Crippen molar-refractivity contribution in [3.05, 3.63) is 35.5 Å². The van der Waals surface area contributed by atoms with Gasteiger partial charge in [-0.25, -0.2) is 4.63 Å². The highest BCUT2D eigenvalue weighted by Crippen LogP contribution is 2.14. The number of nitrogens with zero attached hydrogens (tertiary/aromatic N) is 2. The highest BCUT2D eigenvalue weighted by molar-refractivity contribution is 6.05. The van der Waals surface area contributed by atoms with Crippen molar-refractivity contribution in [3.63, 3.8) is 0 Å². The molecule has 2 aromatic rings. The molecule has 1 amide bonds. The molecule has 0 saturated carbocycles. The first-order chi connectivity index (χ1) is 9.20. The number of rotatable bonds is 5. The molecule has 6 nitrogen and oxygen atoms in total. The van der Waals surface area contributed by atoms with Crippen LogP contribution in [0.15, 0.2) is 28.9 Å². The molecule has 0 aliphatic carbocycles. The van der Waals surface area contributed by atoms with Gasteiger partial charge >= 0.3 is 0 Å². The van der Waals surface area contributed by atoms with Gasteiger partial charge in [-0.1, -0.05) is 25.5 Å². The quantitative estimate of drug-likeness (QED) is 0.859. The predicted octanol–water partition coefficient (Wildman–Crippen LogP) is 2.25. The van der Waals surface area contributed by atoms with E-state index in [1.54, 1.807) is 0 Å². The summed E-state index contributed by atoms with van der Waals surface area (Å²) in [6.07, 6.45) is 3.37. The van der Waals surface area contributed by atoms with Gasteiger partial charge in [0.1, 0.15) is 0 Å². The zero-order valence-corrected chi connectivity index (χ0v) is 10.7. The fourth-order valence-corrected chi connectivity index (χ4v) is 1.68. The molecule has 1 aromatic carbocycles. The van der Waals surface area contributed by atoms with Gasteiger partial charge in [0.2, 0.25) is 11.5 Å². The standard InChI is InChI=1S/C13H16N4O2/c1-2-3-4-9-5-7-10(8-6-9)15-13(18)11-12(14)17-19-16-11/h5-8H,2-4H2,1H3,(H2,14,17)(H,15,18). The van der Waals surface area contributed by atoms with E-state index >= 15 is 0 Å². The summed E-state index contributed by atoms with van der Waals surface area (Å²) in [5.74, 6) is -0.447. The summed E-state index contributed by atoms with van der Waals surface area (Å²) in [5.41, 5.74) is 7.38. The number of hydrogen-bond acceptors (Lipinski definition) is 5. The number of anilines is 2. The van der Waals surface area contributed by atoms with E-state index in [1.807, 2.05) is 24.3 Å². The molecule has 0 unspecified atom stereocenters. The number of nitrogens with two attached hydrogens (primary N) is 1. The molecule has 0 radical (unpaired) electrons. The SMILES string of the molecule is CCCCc1ccc(NC(=O)c2nonc2N)cc1. The van der Waals surface area contributed by atoms with E-state index in [1.165, 1.54) is 5.56 Å². The van der Waals surface area contributed by atoms with Gasteiger partial charge in [0, 0.05) is 5.69 Å². The second kappa shape index (κ2) is 5.99. The van der Waals surface area contributed by atoms with E-state index < -0.39 is 5.91 Å². The van der Waals surface area contributed by atoms with E-state index in [-0.39, 0.29) is 11.5 Å². The summed E-state index contributed by atoms with van der Waals surface area (Å²) in [5, 5.41) is 9.49. The monoisotopic (exact) mass is 260 g/mol. The number of aryl methyl sites for hydroxylation is 1. The van der Waals surface area contributed by atoms with Crippen LogP contribution in [-0.2, 0) is 6.42 Å². The highest BCUT2D eigenvalue weighted by atomic mass is 16.6. The molecule has 1 heterocycles. The molecule has 0 bridgehead atoms. The number of hydrogen-bond donors (Lipinski definition) is 2. The molecular weight excluding hydrogens is 244 g/mol. The first-order valence-electron chi connectivity index (χ1n) is 6.19. The van der Waals surface area contributed by atoms with Crippen LogP contribution >= 0.6 is 0 Å². The normalized spacial score (nSPS) is 10.4. The maximum Gasteiger partial charge on any atom is 0.281 e. The van der Waals surface area contributed by atoms with Gasteiger partial charge in [0.15, 0.2) is 0 Å². The Labute approximate surface area is 111 Å². The minimum Gasteiger partial charge on any atom is -0.379 e. The minimum absolute atomic E-state index is 0.00457. The van der Waals surface area contributed by atoms with Crippen molar-refractivity contribution >= 4 is 17.4 Å². The van der Waals surface area contributed by atoms with E-state index in [9.17, 15) is 4.79 Å². The molecule has 0 aliphatic heterocycles. The number of aromatic nitrogens is 2. The predicted molar refractivity (Wildman–Crippen MR) is 71.7 cm³/mol. The van der Waals surface area contributed by atoms with Crippen molar-refractivity contribution in [1.82, 2.24) is 10.3 Å². The molecule has 0 saturated heterocycles. The van der Waals surface area contributed by atoms with Crippen LogP contribution in [0.25, 0.3) is 0 Å². The van der Waals surface area contributed by atoms with Crippen LogP contribution in [0.3, 0.4) is 0 Å². The van der Waals surface area contributed by atoms with Crippen molar-refractivity contribution in [2.75, 3.05) is 11.1 Å². The number of nitrogen functional groups attached to an aromatic ring is 1. The zero-order chi connectivity index (χ0) is 13.7. The third kappa shape index (κ3) is 3.31. The molecule has 1 aromatic heterocycles. The lowest BCUT2D eigenvalue weighted by atomic mass is 10.1. The maximum absolute atomic E-state index is 11.8. The molecule has 2 rings (SSSR count). The molecule has 0 spiro atoms. The highest BCUT2D eigenvalue weighted by Gasteiger charge is 2.15. The molecule has 3 N–H and O–H groups in total. The summed E-state index contributed by atoms with van der Waals surface area (Å²) in [7, 11) is 0. The van der Waals surface area contributed by atoms with Crippen LogP contribution in [0.2, 0.25) is 0 Å². The Bertz CT molecular complexity index is 548. The van der Waals surface area contributed by atoms with Gasteiger partial charge in [-0.2, -0.15) is 0 Å². The number of unbranched alkanes of at least 4 members (excludes halogenated alkanes) is 1. The van der Waals surface area contributed by atoms with E-state index in [0.29, 0.717) is 5.69 Å². The summed E-state index contributed by atoms with van der Waals surface area (Å²) in [4.78, 5) is 11.8. The van der Waals surface area contributed by atoms with E-state index in [2.05, 4.69) is 27.2 Å². The van der Waals surface area contributed by atoms with Gasteiger partial charge in [0.25, 0.3) is 5.91 Å². The Morgan fingerprint density at radius 2 is 2.05 bits per heavy atom. The Morgan fingerprint density at radius 1 is 1.32 bits per heavy atom. The van der Waals surface area contributed by atoms with Crippen molar-refractivity contribution in [3.8, 4) is 0 Å². The molecule has 0 fully saturated rings. The third-order valence-corrected chi connectivity index (χ3v) is 2.76. The van der Waals surface area contributed by atoms with Crippen LogP contribution in [0.1, 0.15) is 35.8 Å². The number of carbonyl (C=O) groups is 1. The summed E-state index contributed by atoms with van der Waals surface area (Å²) in [6.45, 7) is 2.16. The van der Waals surface area contributed by atoms with Crippen LogP contribution in [0.4, 0.5) is 11.5 Å². The average molecular weight is 260 g/mol. The first kappa shape index (κ1) is 13.1. The molecule has 0 aliphatic rings. The number of benzene rings is 1. The number of carbonyl (C=O) groups excluding carboxylic acids is 1. The van der Waals surface area contributed by atoms with Crippen LogP contribution in [-0.4, -0.2) is 16.2 Å². The summed E-state index contributed by atoms with van der Waals surface area (Å²) < 4.78 is 4.38. The maximum atomic E-state index is 11.8. The lowest BCUT2D eigenvalue weighted by Gasteiger charge is -2.04. The third-order valence-electron chi connectivity index (χ3n) is 2.76. The minimum atomic E-state index is -0.431. The molecule has 100 valence electrons. The fourth-order valence-electron chi connectivity index (χ4n) is 1.68. The average Bonchev–Trinajstić information content (AvgIpc) is 2.84. The molecule has 19 heavy (non-hydrogen) atoms. The van der Waals surface area contributed by atoms with Gasteiger partial charge < -0.3 is 11.1 Å². The summed E-state index contributed by atoms with van der Waals surface area (Å²) >= 11 is 0. The number of nitrogens with one attached hydrogen (secondary N) is 1. The lowest BCUT2D eigenvalue weighted by Crippen LogP contribution is -2.14. The molecule has 0 atom stereocenters. The zero-order valence-electron chi connectivity index (χ0n) is 10.7. The van der Waals surface area contributed by atoms with E-state index in [0.717, 1.165) is 19.3 Å². The van der Waals surface area contributed by atoms with E-state index in [4.69, 9.17) is 5.73 Å². The van der Waals surface area contributed by atoms with Crippen LogP contribution in [0, 0.1) is 0 Å². The Balaban J connectivity index is 2.00. The Hall–Kier alpha value is -2.37. The van der Waals surface area contributed by atoms with Crippen molar-refractivity contribution in [1.29, 1.82) is 0 Å². The lowest BCUT2D eigenvalue weighted by molar-refractivity contribution is 0.101. The van der Waals surface area contributed by atoms with Gasteiger partial charge in [-0.3, -0.25) is 4.79 Å². The van der Waals surface area contributed by atoms with Gasteiger partial charge in [0.05, 0.1) is 0 Å². The Kier molecular flexibility index (Phi) is 4.12. The second-order valence-electron chi connectivity index (χ2n) is 4.25. The van der Waals surface area contributed by atoms with Crippen molar-refractivity contribution in [2.24, 2.45) is 0 Å². The van der Waals surface area contributed by atoms with Crippen molar-refractivity contribution < 1.29 is 9.42 Å². The van der Waals surface area contributed by atoms with Gasteiger partial charge in [-0.05, 0) is 40.9 Å². The molecule has 6 heteroatoms. The topological polar surface area (TPSA) is 94.0 Å². The van der Waals surface area contributed by atoms with Crippen LogP contribution in [0.5, 0.6) is 0 Å². The molecular formula is C13H16N4O2.